The maximum atomic E-state index is 12.7. The zero-order valence-electron chi connectivity index (χ0n) is 16.4. The summed E-state index contributed by atoms with van der Waals surface area (Å²) in [5.41, 5.74) is -0.859. The summed E-state index contributed by atoms with van der Waals surface area (Å²) in [6.45, 7) is 1.67. The molecule has 0 N–H and O–H groups in total. The highest BCUT2D eigenvalue weighted by molar-refractivity contribution is 9.09. The Morgan fingerprint density at radius 3 is 2.24 bits per heavy atom. The zero-order chi connectivity index (χ0) is 21.5. The van der Waals surface area contributed by atoms with Crippen LogP contribution in [0, 0.1) is 11.8 Å². The molecule has 2 rings (SSSR count). The third kappa shape index (κ3) is 7.38. The average molecular weight is 498 g/mol. The molecule has 0 amide bonds. The molecule has 0 unspecified atom stereocenters. The molecule has 164 valence electrons. The monoisotopic (exact) mass is 497 g/mol. The number of halogens is 4. The second-order valence-electron chi connectivity index (χ2n) is 7.36. The molecule has 1 aromatic carbocycles. The van der Waals surface area contributed by atoms with Crippen molar-refractivity contribution >= 4 is 26.0 Å². The van der Waals surface area contributed by atoms with Crippen molar-refractivity contribution in [1.29, 1.82) is 0 Å². The van der Waals surface area contributed by atoms with Gasteiger partial charge in [-0.25, -0.2) is 12.7 Å². The molecule has 0 atom stereocenters. The van der Waals surface area contributed by atoms with Crippen molar-refractivity contribution in [3.63, 3.8) is 0 Å². The number of benzene rings is 1. The lowest BCUT2D eigenvalue weighted by Gasteiger charge is -2.30. The van der Waals surface area contributed by atoms with Gasteiger partial charge in [0.1, 0.15) is 0 Å². The van der Waals surface area contributed by atoms with Crippen LogP contribution in [0.5, 0.6) is 0 Å². The van der Waals surface area contributed by atoms with Gasteiger partial charge in [0.05, 0.1) is 17.1 Å². The van der Waals surface area contributed by atoms with Crippen LogP contribution < -0.4 is 0 Å². The molecule has 1 aliphatic rings. The van der Waals surface area contributed by atoms with E-state index in [2.05, 4.69) is 15.9 Å². The predicted molar refractivity (Wildman–Crippen MR) is 110 cm³/mol. The summed E-state index contributed by atoms with van der Waals surface area (Å²) in [5, 5.41) is 0.810. The first-order valence-electron chi connectivity index (χ1n) is 9.57. The number of nitrogens with zero attached hydrogens (tertiary/aromatic N) is 1. The van der Waals surface area contributed by atoms with E-state index in [1.807, 2.05) is 12.2 Å². The fourth-order valence-corrected chi connectivity index (χ4v) is 4.98. The Kier molecular flexibility index (Phi) is 9.18. The summed E-state index contributed by atoms with van der Waals surface area (Å²) in [6.07, 6.45) is 3.28. The number of allylic oxidation sites excluding steroid dienone is 1. The van der Waals surface area contributed by atoms with Gasteiger partial charge in [-0.05, 0) is 61.8 Å². The molecule has 1 saturated carbocycles. The molecule has 1 aromatic rings. The summed E-state index contributed by atoms with van der Waals surface area (Å²) in [4.78, 5) is -0.119. The van der Waals surface area contributed by atoms with Crippen LogP contribution >= 0.6 is 15.9 Å². The lowest BCUT2D eigenvalue weighted by atomic mass is 9.82. The molecule has 1 fully saturated rings. The zero-order valence-corrected chi connectivity index (χ0v) is 18.8. The van der Waals surface area contributed by atoms with Gasteiger partial charge in [-0.1, -0.05) is 28.1 Å². The molecule has 0 heterocycles. The van der Waals surface area contributed by atoms with Crippen LogP contribution in [0.25, 0.3) is 0 Å². The Morgan fingerprint density at radius 1 is 1.10 bits per heavy atom. The standard InChI is InChI=1S/C20H27BrF3NO3S/c1-25(29(26,27)19-10-8-18(9-11-19)20(22,23)24)14-16-4-6-17(7-5-16)15-28-13-3-2-12-21/h2-3,8-11,16-17H,4-7,12-15H2,1H3. The maximum absolute atomic E-state index is 12.7. The van der Waals surface area contributed by atoms with Gasteiger partial charge in [0.15, 0.2) is 0 Å². The molecule has 9 heteroatoms. The summed E-state index contributed by atoms with van der Waals surface area (Å²) in [6, 6.07) is 3.65. The van der Waals surface area contributed by atoms with Crippen LogP contribution in [-0.2, 0) is 20.9 Å². The molecule has 4 nitrogen and oxygen atoms in total. The first kappa shape index (κ1) is 24.4. The third-order valence-corrected chi connectivity index (χ3v) is 7.41. The molecule has 0 saturated heterocycles. The first-order chi connectivity index (χ1) is 13.6. The van der Waals surface area contributed by atoms with Crippen molar-refractivity contribution in [3.05, 3.63) is 42.0 Å². The molecule has 0 spiro atoms. The molecule has 0 aliphatic heterocycles. The Balaban J connectivity index is 1.84. The van der Waals surface area contributed by atoms with E-state index in [1.54, 1.807) is 0 Å². The van der Waals surface area contributed by atoms with Crippen molar-refractivity contribution in [3.8, 4) is 0 Å². The highest BCUT2D eigenvalue weighted by Crippen LogP contribution is 2.32. The van der Waals surface area contributed by atoms with E-state index in [1.165, 1.54) is 11.4 Å². The van der Waals surface area contributed by atoms with Crippen molar-refractivity contribution in [1.82, 2.24) is 4.31 Å². The highest BCUT2D eigenvalue weighted by Gasteiger charge is 2.32. The number of hydrogen-bond acceptors (Lipinski definition) is 3. The van der Waals surface area contributed by atoms with E-state index >= 15 is 0 Å². The molecule has 0 aromatic heterocycles. The van der Waals surface area contributed by atoms with Crippen LogP contribution in [0.4, 0.5) is 13.2 Å². The Bertz CT molecular complexity index is 758. The van der Waals surface area contributed by atoms with Crippen LogP contribution in [0.2, 0.25) is 0 Å². The van der Waals surface area contributed by atoms with Crippen molar-refractivity contribution < 1.29 is 26.3 Å². The summed E-state index contributed by atoms with van der Waals surface area (Å²) < 4.78 is 70.3. The number of sulfonamides is 1. The number of rotatable bonds is 9. The Morgan fingerprint density at radius 2 is 1.69 bits per heavy atom. The largest absolute Gasteiger partial charge is 0.416 e. The summed E-state index contributed by atoms with van der Waals surface area (Å²) in [5.74, 6) is 0.731. The number of ether oxygens (including phenoxy) is 1. The van der Waals surface area contributed by atoms with Crippen LogP contribution in [-0.4, -0.2) is 44.9 Å². The fourth-order valence-electron chi connectivity index (χ4n) is 3.47. The van der Waals surface area contributed by atoms with Gasteiger partial charge in [-0.2, -0.15) is 13.2 Å². The Hall–Kier alpha value is -0.900. The second kappa shape index (κ2) is 10.9. The van der Waals surface area contributed by atoms with Crippen LogP contribution in [0.1, 0.15) is 31.2 Å². The molecular weight excluding hydrogens is 471 g/mol. The first-order valence-corrected chi connectivity index (χ1v) is 12.1. The quantitative estimate of drug-likeness (QED) is 0.271. The minimum Gasteiger partial charge on any atom is -0.377 e. The van der Waals surface area contributed by atoms with Gasteiger partial charge in [0.25, 0.3) is 0 Å². The molecule has 0 radical (unpaired) electrons. The van der Waals surface area contributed by atoms with E-state index in [0.717, 1.165) is 55.3 Å². The maximum Gasteiger partial charge on any atom is 0.416 e. The predicted octanol–water partition coefficient (Wildman–Crippen LogP) is 5.10. The van der Waals surface area contributed by atoms with Crippen molar-refractivity contribution in [2.75, 3.05) is 32.1 Å². The fraction of sp³-hybridized carbons (Fsp3) is 0.600. The lowest BCUT2D eigenvalue weighted by molar-refractivity contribution is -0.137. The van der Waals surface area contributed by atoms with Gasteiger partial charge in [0, 0.05) is 25.5 Å². The molecule has 29 heavy (non-hydrogen) atoms. The number of hydrogen-bond donors (Lipinski definition) is 0. The van der Waals surface area contributed by atoms with Gasteiger partial charge in [0.2, 0.25) is 10.0 Å². The van der Waals surface area contributed by atoms with E-state index in [4.69, 9.17) is 4.74 Å². The molecular formula is C20H27BrF3NO3S. The summed E-state index contributed by atoms with van der Waals surface area (Å²) >= 11 is 3.31. The molecule has 0 bridgehead atoms. The van der Waals surface area contributed by atoms with Crippen molar-refractivity contribution in [2.24, 2.45) is 11.8 Å². The lowest BCUT2D eigenvalue weighted by Crippen LogP contribution is -2.34. The summed E-state index contributed by atoms with van der Waals surface area (Å²) in [7, 11) is -2.32. The van der Waals surface area contributed by atoms with Gasteiger partial charge in [-0.15, -0.1) is 0 Å². The van der Waals surface area contributed by atoms with Crippen LogP contribution in [0.3, 0.4) is 0 Å². The van der Waals surface area contributed by atoms with Crippen LogP contribution in [0.15, 0.2) is 41.3 Å². The van der Waals surface area contributed by atoms with Gasteiger partial charge in [-0.3, -0.25) is 0 Å². The minimum absolute atomic E-state index is 0.119. The van der Waals surface area contributed by atoms with E-state index < -0.39 is 21.8 Å². The second-order valence-corrected chi connectivity index (χ2v) is 10.0. The van der Waals surface area contributed by atoms with Crippen molar-refractivity contribution in [2.45, 2.75) is 36.8 Å². The van der Waals surface area contributed by atoms with E-state index in [-0.39, 0.29) is 10.8 Å². The SMILES string of the molecule is CN(CC1CCC(COCC=CCBr)CC1)S(=O)(=O)c1ccc(C(F)(F)F)cc1. The average Bonchev–Trinajstić information content (AvgIpc) is 2.68. The smallest absolute Gasteiger partial charge is 0.377 e. The van der Waals surface area contributed by atoms with E-state index in [9.17, 15) is 21.6 Å². The minimum atomic E-state index is -4.49. The number of alkyl halides is 4. The van der Waals surface area contributed by atoms with Gasteiger partial charge >= 0.3 is 6.18 Å². The van der Waals surface area contributed by atoms with E-state index in [0.29, 0.717) is 25.7 Å². The highest BCUT2D eigenvalue weighted by atomic mass is 79.9. The van der Waals surface area contributed by atoms with Gasteiger partial charge < -0.3 is 4.74 Å². The Labute approximate surface area is 179 Å². The molecule has 1 aliphatic carbocycles. The topological polar surface area (TPSA) is 46.6 Å². The normalized spacial score (nSPS) is 21.2. The third-order valence-electron chi connectivity index (χ3n) is 5.19.